The van der Waals surface area contributed by atoms with Crippen LogP contribution in [0.2, 0.25) is 0 Å². The smallest absolute Gasteiger partial charge is 0.115 e. The lowest BCUT2D eigenvalue weighted by molar-refractivity contribution is 0.474. The molecule has 0 saturated carbocycles. The number of aryl methyl sites for hydroxylation is 1. The average molecular weight is 253 g/mol. The van der Waals surface area contributed by atoms with E-state index < -0.39 is 0 Å². The molecule has 0 spiro atoms. The Morgan fingerprint density at radius 1 is 1.00 bits per heavy atom. The van der Waals surface area contributed by atoms with E-state index >= 15 is 0 Å². The second-order valence-electron chi connectivity index (χ2n) is 5.18. The van der Waals surface area contributed by atoms with Crippen molar-refractivity contribution >= 4 is 5.69 Å². The molecule has 0 radical (unpaired) electrons. The number of hydrogen-bond acceptors (Lipinski definition) is 2. The fourth-order valence-corrected chi connectivity index (χ4v) is 2.81. The second-order valence-corrected chi connectivity index (χ2v) is 5.18. The lowest BCUT2D eigenvalue weighted by Crippen LogP contribution is -2.23. The number of fused-ring (bicyclic) bond motifs is 1. The van der Waals surface area contributed by atoms with Gasteiger partial charge in [0.2, 0.25) is 0 Å². The molecular formula is C17H19NO. The van der Waals surface area contributed by atoms with Crippen LogP contribution in [0, 0.1) is 0 Å². The van der Waals surface area contributed by atoms with Gasteiger partial charge in [-0.1, -0.05) is 30.3 Å². The van der Waals surface area contributed by atoms with Crippen LogP contribution in [0.5, 0.6) is 5.75 Å². The highest BCUT2D eigenvalue weighted by Crippen LogP contribution is 2.27. The third-order valence-corrected chi connectivity index (χ3v) is 3.74. The van der Waals surface area contributed by atoms with E-state index in [9.17, 15) is 5.11 Å². The van der Waals surface area contributed by atoms with E-state index in [4.69, 9.17) is 0 Å². The zero-order valence-electron chi connectivity index (χ0n) is 11.0. The zero-order valence-corrected chi connectivity index (χ0v) is 11.0. The van der Waals surface area contributed by atoms with Crippen molar-refractivity contribution in [3.8, 4) is 5.75 Å². The first-order valence-corrected chi connectivity index (χ1v) is 6.94. The van der Waals surface area contributed by atoms with Crippen LogP contribution in [0.1, 0.15) is 24.0 Å². The number of anilines is 1. The fraction of sp³-hybridized carbons (Fsp3) is 0.294. The van der Waals surface area contributed by atoms with Crippen LogP contribution in [-0.2, 0) is 13.0 Å². The van der Waals surface area contributed by atoms with Gasteiger partial charge >= 0.3 is 0 Å². The van der Waals surface area contributed by atoms with Gasteiger partial charge in [0.1, 0.15) is 5.75 Å². The summed E-state index contributed by atoms with van der Waals surface area (Å²) in [6.45, 7) is 1.96. The lowest BCUT2D eigenvalue weighted by Gasteiger charge is -2.25. The molecule has 2 nitrogen and oxygen atoms in total. The number of benzene rings is 2. The summed E-state index contributed by atoms with van der Waals surface area (Å²) in [6, 6.07) is 16.2. The normalized spacial score (nSPS) is 14.8. The first-order chi connectivity index (χ1) is 9.33. The molecule has 1 heterocycles. The van der Waals surface area contributed by atoms with Gasteiger partial charge in [-0.05, 0) is 48.6 Å². The van der Waals surface area contributed by atoms with Gasteiger partial charge in [0.15, 0.2) is 0 Å². The monoisotopic (exact) mass is 253 g/mol. The van der Waals surface area contributed by atoms with Gasteiger partial charge in [-0.25, -0.2) is 0 Å². The van der Waals surface area contributed by atoms with Crippen molar-refractivity contribution < 1.29 is 5.11 Å². The van der Waals surface area contributed by atoms with Gasteiger partial charge in [-0.3, -0.25) is 0 Å². The predicted molar refractivity (Wildman–Crippen MR) is 78.5 cm³/mol. The van der Waals surface area contributed by atoms with Crippen LogP contribution in [-0.4, -0.2) is 11.7 Å². The quantitative estimate of drug-likeness (QED) is 0.881. The first-order valence-electron chi connectivity index (χ1n) is 6.94. The Kier molecular flexibility index (Phi) is 3.41. The molecule has 0 aromatic heterocycles. The van der Waals surface area contributed by atoms with Crippen LogP contribution in [0.25, 0.3) is 0 Å². The molecule has 0 amide bonds. The number of nitrogens with zero attached hydrogens (tertiary/aromatic N) is 1. The van der Waals surface area contributed by atoms with Crippen molar-refractivity contribution in [2.24, 2.45) is 0 Å². The number of para-hydroxylation sites is 1. The van der Waals surface area contributed by atoms with Gasteiger partial charge in [-0.15, -0.1) is 0 Å². The Hall–Kier alpha value is -1.96. The molecule has 2 heteroatoms. The zero-order chi connectivity index (χ0) is 13.1. The van der Waals surface area contributed by atoms with Crippen molar-refractivity contribution in [1.82, 2.24) is 0 Å². The Bertz CT molecular complexity index is 565. The minimum atomic E-state index is 0.348. The summed E-state index contributed by atoms with van der Waals surface area (Å²) in [4.78, 5) is 2.43. The Labute approximate surface area is 114 Å². The maximum atomic E-state index is 9.57. The van der Waals surface area contributed by atoms with Gasteiger partial charge in [-0.2, -0.15) is 0 Å². The Morgan fingerprint density at radius 2 is 1.89 bits per heavy atom. The van der Waals surface area contributed by atoms with Crippen molar-refractivity contribution in [1.29, 1.82) is 0 Å². The SMILES string of the molecule is Oc1cccc(CN2CCCCc3ccccc32)c1. The fourth-order valence-electron chi connectivity index (χ4n) is 2.81. The van der Waals surface area contributed by atoms with Crippen LogP contribution < -0.4 is 4.90 Å². The number of phenols is 1. The Morgan fingerprint density at radius 3 is 2.79 bits per heavy atom. The maximum Gasteiger partial charge on any atom is 0.115 e. The summed E-state index contributed by atoms with van der Waals surface area (Å²) >= 11 is 0. The summed E-state index contributed by atoms with van der Waals surface area (Å²) in [5.41, 5.74) is 3.96. The van der Waals surface area contributed by atoms with E-state index in [2.05, 4.69) is 35.2 Å². The van der Waals surface area contributed by atoms with Crippen molar-refractivity contribution in [2.45, 2.75) is 25.8 Å². The molecule has 0 atom stereocenters. The molecular weight excluding hydrogens is 234 g/mol. The van der Waals surface area contributed by atoms with E-state index in [0.29, 0.717) is 5.75 Å². The topological polar surface area (TPSA) is 23.5 Å². The molecule has 98 valence electrons. The van der Waals surface area contributed by atoms with Crippen LogP contribution in [0.4, 0.5) is 5.69 Å². The molecule has 0 fully saturated rings. The highest BCUT2D eigenvalue weighted by Gasteiger charge is 2.14. The molecule has 1 aliphatic rings. The molecule has 0 aliphatic carbocycles. The highest BCUT2D eigenvalue weighted by molar-refractivity contribution is 5.54. The van der Waals surface area contributed by atoms with E-state index in [-0.39, 0.29) is 0 Å². The first kappa shape index (κ1) is 12.1. The van der Waals surface area contributed by atoms with Crippen LogP contribution in [0.15, 0.2) is 48.5 Å². The second kappa shape index (κ2) is 5.35. The standard InChI is InChI=1S/C17H19NO/c19-16-9-5-6-14(12-16)13-18-11-4-3-8-15-7-1-2-10-17(15)18/h1-2,5-7,9-10,12,19H,3-4,8,11,13H2. The molecule has 3 rings (SSSR count). The molecule has 0 bridgehead atoms. The van der Waals surface area contributed by atoms with Crippen molar-refractivity contribution in [3.05, 3.63) is 59.7 Å². The number of hydrogen-bond donors (Lipinski definition) is 1. The highest BCUT2D eigenvalue weighted by atomic mass is 16.3. The average Bonchev–Trinajstić information content (AvgIpc) is 2.62. The van der Waals surface area contributed by atoms with Gasteiger partial charge in [0, 0.05) is 18.8 Å². The molecule has 19 heavy (non-hydrogen) atoms. The molecule has 2 aromatic rings. The van der Waals surface area contributed by atoms with Crippen molar-refractivity contribution in [3.63, 3.8) is 0 Å². The van der Waals surface area contributed by atoms with Gasteiger partial charge < -0.3 is 10.0 Å². The third kappa shape index (κ3) is 2.73. The number of phenolic OH excluding ortho intramolecular Hbond substituents is 1. The lowest BCUT2D eigenvalue weighted by atomic mass is 10.1. The van der Waals surface area contributed by atoms with Crippen LogP contribution >= 0.6 is 0 Å². The van der Waals surface area contributed by atoms with Crippen LogP contribution in [0.3, 0.4) is 0 Å². The molecule has 0 unspecified atom stereocenters. The van der Waals surface area contributed by atoms with E-state index in [0.717, 1.165) is 18.7 Å². The summed E-state index contributed by atoms with van der Waals surface area (Å²) < 4.78 is 0. The molecule has 1 aliphatic heterocycles. The van der Waals surface area contributed by atoms with E-state index in [1.165, 1.54) is 30.5 Å². The van der Waals surface area contributed by atoms with Gasteiger partial charge in [0.05, 0.1) is 0 Å². The molecule has 0 saturated heterocycles. The maximum absolute atomic E-state index is 9.57. The van der Waals surface area contributed by atoms with Gasteiger partial charge in [0.25, 0.3) is 0 Å². The number of aromatic hydroxyl groups is 1. The van der Waals surface area contributed by atoms with Crippen molar-refractivity contribution in [2.75, 3.05) is 11.4 Å². The minimum Gasteiger partial charge on any atom is -0.508 e. The minimum absolute atomic E-state index is 0.348. The largest absolute Gasteiger partial charge is 0.508 e. The molecule has 1 N–H and O–H groups in total. The number of rotatable bonds is 2. The summed E-state index contributed by atoms with van der Waals surface area (Å²) in [5, 5.41) is 9.57. The van der Waals surface area contributed by atoms with E-state index in [1.54, 1.807) is 6.07 Å². The third-order valence-electron chi connectivity index (χ3n) is 3.74. The predicted octanol–water partition coefficient (Wildman–Crippen LogP) is 3.74. The van der Waals surface area contributed by atoms with E-state index in [1.807, 2.05) is 12.1 Å². The summed E-state index contributed by atoms with van der Waals surface area (Å²) in [6.07, 6.45) is 3.66. The summed E-state index contributed by atoms with van der Waals surface area (Å²) in [5.74, 6) is 0.348. The molecule has 2 aromatic carbocycles. The Balaban J connectivity index is 1.88. The summed E-state index contributed by atoms with van der Waals surface area (Å²) in [7, 11) is 0.